The van der Waals surface area contributed by atoms with Gasteiger partial charge in [-0.2, -0.15) is 13.1 Å². The van der Waals surface area contributed by atoms with Crippen LogP contribution >= 0.6 is 23.2 Å². The highest BCUT2D eigenvalue weighted by Gasteiger charge is 2.33. The molecule has 116 valence electrons. The van der Waals surface area contributed by atoms with Crippen molar-refractivity contribution in [3.05, 3.63) is 33.8 Å². The van der Waals surface area contributed by atoms with Gasteiger partial charge < -0.3 is 4.74 Å². The van der Waals surface area contributed by atoms with Crippen molar-refractivity contribution in [2.45, 2.75) is 24.8 Å². The Hall–Kier alpha value is -1.02. The van der Waals surface area contributed by atoms with E-state index in [0.717, 1.165) is 12.7 Å². The minimum atomic E-state index is -3.90. The van der Waals surface area contributed by atoms with Crippen LogP contribution in [0.1, 0.15) is 24.3 Å². The predicted octanol–water partition coefficient (Wildman–Crippen LogP) is 2.43. The molecule has 2 rings (SSSR count). The molecule has 6 nitrogen and oxygen atoms in total. The third-order valence-electron chi connectivity index (χ3n) is 3.28. The van der Waals surface area contributed by atoms with Crippen LogP contribution in [-0.2, 0) is 14.9 Å². The van der Waals surface area contributed by atoms with Crippen LogP contribution in [0.15, 0.2) is 18.2 Å². The van der Waals surface area contributed by atoms with E-state index in [4.69, 9.17) is 23.2 Å². The number of rotatable bonds is 4. The molecule has 0 aliphatic heterocycles. The van der Waals surface area contributed by atoms with E-state index >= 15 is 0 Å². The zero-order valence-electron chi connectivity index (χ0n) is 11.1. The van der Waals surface area contributed by atoms with Gasteiger partial charge in [0.15, 0.2) is 0 Å². The van der Waals surface area contributed by atoms with Crippen LogP contribution in [0.5, 0.6) is 0 Å². The molecule has 0 saturated heterocycles. The zero-order chi connectivity index (χ0) is 15.6. The summed E-state index contributed by atoms with van der Waals surface area (Å²) in [6.07, 6.45) is 0.225. The van der Waals surface area contributed by atoms with Crippen molar-refractivity contribution in [1.29, 1.82) is 0 Å². The summed E-state index contributed by atoms with van der Waals surface area (Å²) in [5, 5.41) is 0.963. The minimum absolute atomic E-state index is 0.214. The molecule has 0 aromatic heterocycles. The molecule has 9 heteroatoms. The minimum Gasteiger partial charge on any atom is -0.452 e. The molecule has 0 unspecified atom stereocenters. The first-order valence-electron chi connectivity index (χ1n) is 6.13. The number of benzene rings is 1. The van der Waals surface area contributed by atoms with Gasteiger partial charge in [0.2, 0.25) is 0 Å². The van der Waals surface area contributed by atoms with Crippen LogP contribution in [0.3, 0.4) is 0 Å². The largest absolute Gasteiger partial charge is 0.452 e. The van der Waals surface area contributed by atoms with E-state index in [-0.39, 0.29) is 12.0 Å². The van der Waals surface area contributed by atoms with E-state index in [0.29, 0.717) is 22.9 Å². The Bertz CT molecular complexity index is 645. The second-order valence-electron chi connectivity index (χ2n) is 4.75. The van der Waals surface area contributed by atoms with E-state index in [2.05, 4.69) is 9.46 Å². The summed E-state index contributed by atoms with van der Waals surface area (Å²) in [5.41, 5.74) is 1.01. The average Bonchev–Trinajstić information content (AvgIpc) is 2.36. The van der Waals surface area contributed by atoms with E-state index in [1.807, 2.05) is 6.07 Å². The molecule has 0 radical (unpaired) electrons. The summed E-state index contributed by atoms with van der Waals surface area (Å²) in [5.74, 6) is 0.214. The van der Waals surface area contributed by atoms with Gasteiger partial charge >= 0.3 is 16.3 Å². The third-order valence-corrected chi connectivity index (χ3v) is 5.10. The second kappa shape index (κ2) is 6.39. The van der Waals surface area contributed by atoms with Crippen molar-refractivity contribution < 1.29 is 17.9 Å². The number of hydrogen-bond acceptors (Lipinski definition) is 4. The Kier molecular flexibility index (Phi) is 4.98. The van der Waals surface area contributed by atoms with Gasteiger partial charge in [0, 0.05) is 6.04 Å². The van der Waals surface area contributed by atoms with Crippen LogP contribution in [-0.4, -0.2) is 27.7 Å². The standard InChI is InChI=1S/C12H14Cl2N2O4S/c1-20-12(17)16-21(18,19)15-9-4-8(5-9)7-2-3-10(13)11(14)6-7/h2-3,6,8-9,15H,4-5H2,1H3,(H,16,17). The number of hydrogen-bond donors (Lipinski definition) is 2. The fraction of sp³-hybridized carbons (Fsp3) is 0.417. The molecular weight excluding hydrogens is 339 g/mol. The first-order chi connectivity index (χ1) is 9.80. The Balaban J connectivity index is 1.89. The maximum Gasteiger partial charge on any atom is 0.421 e. The van der Waals surface area contributed by atoms with E-state index in [9.17, 15) is 13.2 Å². The van der Waals surface area contributed by atoms with Gasteiger partial charge in [-0.15, -0.1) is 0 Å². The normalized spacial score (nSPS) is 21.5. The molecule has 1 saturated carbocycles. The maximum atomic E-state index is 11.6. The third kappa shape index (κ3) is 4.23. The van der Waals surface area contributed by atoms with Gasteiger partial charge in [-0.3, -0.25) is 0 Å². The van der Waals surface area contributed by atoms with Crippen LogP contribution in [0.4, 0.5) is 4.79 Å². The van der Waals surface area contributed by atoms with Crippen molar-refractivity contribution in [2.24, 2.45) is 0 Å². The molecule has 0 atom stereocenters. The summed E-state index contributed by atoms with van der Waals surface area (Å²) in [6.45, 7) is 0. The van der Waals surface area contributed by atoms with Crippen LogP contribution in [0.2, 0.25) is 10.0 Å². The zero-order valence-corrected chi connectivity index (χ0v) is 13.4. The smallest absolute Gasteiger partial charge is 0.421 e. The van der Waals surface area contributed by atoms with Gasteiger partial charge in [0.25, 0.3) is 0 Å². The van der Waals surface area contributed by atoms with Gasteiger partial charge in [0.05, 0.1) is 17.2 Å². The molecule has 0 bridgehead atoms. The van der Waals surface area contributed by atoms with E-state index in [1.165, 1.54) is 0 Å². The Morgan fingerprint density at radius 1 is 1.29 bits per heavy atom. The Labute approximate surface area is 132 Å². The lowest BCUT2D eigenvalue weighted by Gasteiger charge is -2.35. The molecule has 0 heterocycles. The molecular formula is C12H14Cl2N2O4S. The highest BCUT2D eigenvalue weighted by Crippen LogP contribution is 2.39. The number of carbonyl (C=O) groups excluding carboxylic acids is 1. The van der Waals surface area contributed by atoms with Crippen molar-refractivity contribution in [1.82, 2.24) is 9.44 Å². The fourth-order valence-corrected chi connectivity index (χ4v) is 3.45. The van der Waals surface area contributed by atoms with Gasteiger partial charge in [-0.25, -0.2) is 9.52 Å². The molecule has 1 aromatic carbocycles. The molecule has 21 heavy (non-hydrogen) atoms. The van der Waals surface area contributed by atoms with Crippen molar-refractivity contribution in [3.8, 4) is 0 Å². The number of amides is 1. The summed E-state index contributed by atoms with van der Waals surface area (Å²) < 4.78 is 31.5. The van der Waals surface area contributed by atoms with E-state index in [1.54, 1.807) is 16.9 Å². The van der Waals surface area contributed by atoms with Gasteiger partial charge in [-0.05, 0) is 36.5 Å². The number of nitrogens with one attached hydrogen (secondary N) is 2. The first kappa shape index (κ1) is 16.4. The predicted molar refractivity (Wildman–Crippen MR) is 79.8 cm³/mol. The Morgan fingerprint density at radius 3 is 2.52 bits per heavy atom. The number of carbonyl (C=O) groups is 1. The van der Waals surface area contributed by atoms with Gasteiger partial charge in [-0.1, -0.05) is 29.3 Å². The number of ether oxygens (including phenoxy) is 1. The molecule has 1 fully saturated rings. The molecule has 1 aromatic rings. The van der Waals surface area contributed by atoms with Crippen LogP contribution in [0, 0.1) is 0 Å². The summed E-state index contributed by atoms with van der Waals surface area (Å²) in [4.78, 5) is 10.9. The average molecular weight is 353 g/mol. The fourth-order valence-electron chi connectivity index (χ4n) is 2.15. The number of methoxy groups -OCH3 is 1. The lowest BCUT2D eigenvalue weighted by Crippen LogP contribution is -2.49. The summed E-state index contributed by atoms with van der Waals surface area (Å²) >= 11 is 11.8. The first-order valence-corrected chi connectivity index (χ1v) is 8.37. The highest BCUT2D eigenvalue weighted by atomic mass is 35.5. The summed E-state index contributed by atoms with van der Waals surface area (Å²) in [6, 6.07) is 5.14. The Morgan fingerprint density at radius 2 is 1.95 bits per heavy atom. The SMILES string of the molecule is COC(=O)NS(=O)(=O)NC1CC(c2ccc(Cl)c(Cl)c2)C1. The monoisotopic (exact) mass is 352 g/mol. The van der Waals surface area contributed by atoms with Crippen molar-refractivity contribution in [3.63, 3.8) is 0 Å². The lowest BCUT2D eigenvalue weighted by molar-refractivity contribution is 0.177. The van der Waals surface area contributed by atoms with E-state index < -0.39 is 16.3 Å². The van der Waals surface area contributed by atoms with Gasteiger partial charge in [0.1, 0.15) is 0 Å². The molecule has 0 spiro atoms. The summed E-state index contributed by atoms with van der Waals surface area (Å²) in [7, 11) is -2.80. The quantitative estimate of drug-likeness (QED) is 0.871. The van der Waals surface area contributed by atoms with Crippen molar-refractivity contribution >= 4 is 39.5 Å². The molecule has 1 aliphatic carbocycles. The topological polar surface area (TPSA) is 84.5 Å². The second-order valence-corrected chi connectivity index (χ2v) is 7.01. The van der Waals surface area contributed by atoms with Crippen molar-refractivity contribution in [2.75, 3.05) is 7.11 Å². The lowest BCUT2D eigenvalue weighted by atomic mass is 9.76. The molecule has 1 aliphatic rings. The van der Waals surface area contributed by atoms with Crippen LogP contribution < -0.4 is 9.44 Å². The molecule has 1 amide bonds. The number of halogens is 2. The van der Waals surface area contributed by atoms with Crippen LogP contribution in [0.25, 0.3) is 0 Å². The maximum absolute atomic E-state index is 11.6. The molecule has 2 N–H and O–H groups in total. The highest BCUT2D eigenvalue weighted by molar-refractivity contribution is 7.88.